The molecule has 1 aromatic carbocycles. The van der Waals surface area contributed by atoms with E-state index in [0.29, 0.717) is 11.7 Å². The van der Waals surface area contributed by atoms with Crippen LogP contribution in [0.5, 0.6) is 0 Å². The largest absolute Gasteiger partial charge is 0.311 e. The van der Waals surface area contributed by atoms with Gasteiger partial charge in [-0.1, -0.05) is 39.3 Å². The first-order valence-electron chi connectivity index (χ1n) is 11.5. The topological polar surface area (TPSA) is 90.1 Å². The SMILES string of the molecule is CCCCc1nc(C(C)CC)n(Cc2ccc(-n3c(C)cc(C)c3-c3nn[nH]n3)cc2)n1. The van der Waals surface area contributed by atoms with Gasteiger partial charge in [-0.05, 0) is 61.2 Å². The Morgan fingerprint density at radius 1 is 1.09 bits per heavy atom. The van der Waals surface area contributed by atoms with Crippen molar-refractivity contribution < 1.29 is 0 Å². The van der Waals surface area contributed by atoms with E-state index >= 15 is 0 Å². The Kier molecular flexibility index (Phi) is 6.48. The molecule has 0 radical (unpaired) electrons. The number of nitrogens with zero attached hydrogens (tertiary/aromatic N) is 7. The summed E-state index contributed by atoms with van der Waals surface area (Å²) in [6, 6.07) is 10.8. The number of nitrogens with one attached hydrogen (secondary N) is 1. The van der Waals surface area contributed by atoms with Gasteiger partial charge in [0.25, 0.3) is 0 Å². The van der Waals surface area contributed by atoms with Gasteiger partial charge < -0.3 is 4.57 Å². The van der Waals surface area contributed by atoms with Crippen molar-refractivity contribution in [1.29, 1.82) is 0 Å². The summed E-state index contributed by atoms with van der Waals surface area (Å²) in [7, 11) is 0. The van der Waals surface area contributed by atoms with Gasteiger partial charge in [0.05, 0.1) is 12.2 Å². The number of aromatic amines is 1. The molecule has 168 valence electrons. The number of hydrogen-bond donors (Lipinski definition) is 1. The zero-order valence-corrected chi connectivity index (χ0v) is 19.6. The third-order valence-electron chi connectivity index (χ3n) is 6.01. The molecule has 0 aliphatic heterocycles. The first-order chi connectivity index (χ1) is 15.5. The van der Waals surface area contributed by atoms with E-state index in [0.717, 1.165) is 66.5 Å². The number of unbranched alkanes of at least 4 members (excludes halogenated alkanes) is 1. The van der Waals surface area contributed by atoms with E-state index in [-0.39, 0.29) is 0 Å². The number of benzene rings is 1. The minimum absolute atomic E-state index is 0.389. The van der Waals surface area contributed by atoms with E-state index in [1.807, 2.05) is 0 Å². The van der Waals surface area contributed by atoms with Gasteiger partial charge in [-0.2, -0.15) is 10.3 Å². The van der Waals surface area contributed by atoms with Crippen LogP contribution in [0.3, 0.4) is 0 Å². The Hall–Kier alpha value is -3.29. The minimum Gasteiger partial charge on any atom is -0.311 e. The van der Waals surface area contributed by atoms with Crippen LogP contribution in [0.4, 0.5) is 0 Å². The molecule has 0 amide bonds. The van der Waals surface area contributed by atoms with Crippen molar-refractivity contribution in [2.24, 2.45) is 0 Å². The van der Waals surface area contributed by atoms with Gasteiger partial charge in [-0.25, -0.2) is 9.67 Å². The number of rotatable bonds is 9. The van der Waals surface area contributed by atoms with Crippen molar-refractivity contribution in [3.8, 4) is 17.2 Å². The first kappa shape index (κ1) is 21.9. The summed E-state index contributed by atoms with van der Waals surface area (Å²) in [4.78, 5) is 4.86. The highest BCUT2D eigenvalue weighted by Gasteiger charge is 2.18. The molecule has 8 nitrogen and oxygen atoms in total. The minimum atomic E-state index is 0.389. The Bertz CT molecular complexity index is 1150. The van der Waals surface area contributed by atoms with E-state index < -0.39 is 0 Å². The molecule has 0 spiro atoms. The van der Waals surface area contributed by atoms with Crippen molar-refractivity contribution >= 4 is 0 Å². The monoisotopic (exact) mass is 432 g/mol. The van der Waals surface area contributed by atoms with Crippen molar-refractivity contribution in [2.45, 2.75) is 72.8 Å². The predicted octanol–water partition coefficient (Wildman–Crippen LogP) is 4.77. The lowest BCUT2D eigenvalue weighted by molar-refractivity contribution is 0.574. The second-order valence-corrected chi connectivity index (χ2v) is 8.51. The van der Waals surface area contributed by atoms with Gasteiger partial charge in [0, 0.05) is 23.7 Å². The van der Waals surface area contributed by atoms with Gasteiger partial charge in [-0.15, -0.1) is 10.2 Å². The van der Waals surface area contributed by atoms with Crippen molar-refractivity contribution in [3.05, 3.63) is 58.8 Å². The molecule has 1 N–H and O–H groups in total. The molecular formula is C24H32N8. The number of tetrazole rings is 1. The maximum absolute atomic E-state index is 4.86. The van der Waals surface area contributed by atoms with E-state index in [1.165, 1.54) is 5.56 Å². The normalized spacial score (nSPS) is 12.4. The summed E-state index contributed by atoms with van der Waals surface area (Å²) < 4.78 is 4.26. The first-order valence-corrected chi connectivity index (χ1v) is 11.5. The molecule has 3 aromatic heterocycles. The molecular weight excluding hydrogens is 400 g/mol. The zero-order valence-electron chi connectivity index (χ0n) is 19.6. The van der Waals surface area contributed by atoms with Crippen molar-refractivity contribution in [3.63, 3.8) is 0 Å². The van der Waals surface area contributed by atoms with Crippen LogP contribution in [-0.4, -0.2) is 40.0 Å². The van der Waals surface area contributed by atoms with Crippen molar-refractivity contribution in [2.75, 3.05) is 0 Å². The summed E-state index contributed by atoms with van der Waals surface area (Å²) in [6.07, 6.45) is 4.27. The standard InChI is InChI=1S/C24H32N8/c1-6-8-9-21-25-24(16(3)7-2)31(28-21)15-19-10-12-20(13-11-19)32-18(5)14-17(4)22(32)23-26-29-30-27-23/h10-14,16H,6-9,15H2,1-5H3,(H,26,27,29,30). The maximum Gasteiger partial charge on any atom is 0.221 e. The number of aromatic nitrogens is 8. The summed E-state index contributed by atoms with van der Waals surface area (Å²) in [6.45, 7) is 11.5. The molecule has 1 atom stereocenters. The summed E-state index contributed by atoms with van der Waals surface area (Å²) >= 11 is 0. The Morgan fingerprint density at radius 2 is 1.88 bits per heavy atom. The highest BCUT2D eigenvalue weighted by Crippen LogP contribution is 2.28. The Labute approximate surface area is 189 Å². The molecule has 32 heavy (non-hydrogen) atoms. The smallest absolute Gasteiger partial charge is 0.221 e. The fourth-order valence-electron chi connectivity index (χ4n) is 4.10. The van der Waals surface area contributed by atoms with E-state index in [2.05, 4.69) is 94.8 Å². The lowest BCUT2D eigenvalue weighted by Crippen LogP contribution is -2.10. The molecule has 4 rings (SSSR count). The summed E-state index contributed by atoms with van der Waals surface area (Å²) in [5, 5.41) is 19.5. The van der Waals surface area contributed by atoms with Crippen LogP contribution in [0.25, 0.3) is 17.2 Å². The van der Waals surface area contributed by atoms with Gasteiger partial charge in [0.1, 0.15) is 5.82 Å². The Morgan fingerprint density at radius 3 is 2.53 bits per heavy atom. The molecule has 0 fully saturated rings. The number of hydrogen-bond acceptors (Lipinski definition) is 5. The van der Waals surface area contributed by atoms with Crippen LogP contribution in [0, 0.1) is 13.8 Å². The average molecular weight is 433 g/mol. The van der Waals surface area contributed by atoms with Gasteiger partial charge in [0.15, 0.2) is 5.82 Å². The molecule has 0 bridgehead atoms. The lowest BCUT2D eigenvalue weighted by Gasteiger charge is -2.13. The fourth-order valence-corrected chi connectivity index (χ4v) is 4.10. The molecule has 0 aliphatic rings. The van der Waals surface area contributed by atoms with Gasteiger partial charge in [-0.3, -0.25) is 0 Å². The third-order valence-corrected chi connectivity index (χ3v) is 6.01. The van der Waals surface area contributed by atoms with Gasteiger partial charge >= 0.3 is 0 Å². The van der Waals surface area contributed by atoms with Crippen LogP contribution in [0.15, 0.2) is 30.3 Å². The summed E-state index contributed by atoms with van der Waals surface area (Å²) in [5.41, 5.74) is 5.48. The quantitative estimate of drug-likeness (QED) is 0.411. The van der Waals surface area contributed by atoms with E-state index in [1.54, 1.807) is 0 Å². The van der Waals surface area contributed by atoms with Gasteiger partial charge in [0.2, 0.25) is 5.82 Å². The van der Waals surface area contributed by atoms with Crippen LogP contribution < -0.4 is 0 Å². The van der Waals surface area contributed by atoms with Crippen LogP contribution in [0.2, 0.25) is 0 Å². The molecule has 3 heterocycles. The van der Waals surface area contributed by atoms with E-state index in [9.17, 15) is 0 Å². The second-order valence-electron chi connectivity index (χ2n) is 8.51. The molecule has 8 heteroatoms. The fraction of sp³-hybridized carbons (Fsp3) is 0.458. The number of H-pyrrole nitrogens is 1. The predicted molar refractivity (Wildman–Crippen MR) is 125 cm³/mol. The van der Waals surface area contributed by atoms with Crippen LogP contribution in [-0.2, 0) is 13.0 Å². The van der Waals surface area contributed by atoms with E-state index in [4.69, 9.17) is 10.1 Å². The summed E-state index contributed by atoms with van der Waals surface area (Å²) in [5.74, 6) is 3.03. The molecule has 4 aromatic rings. The molecule has 1 unspecified atom stereocenters. The van der Waals surface area contributed by atoms with Crippen molar-refractivity contribution in [1.82, 2.24) is 40.0 Å². The highest BCUT2D eigenvalue weighted by molar-refractivity contribution is 5.61. The highest BCUT2D eigenvalue weighted by atomic mass is 15.5. The average Bonchev–Trinajstić information content (AvgIpc) is 3.51. The molecule has 0 saturated heterocycles. The molecule has 0 saturated carbocycles. The van der Waals surface area contributed by atoms with Crippen LogP contribution >= 0.6 is 0 Å². The zero-order chi connectivity index (χ0) is 22.7. The van der Waals surface area contributed by atoms with Crippen LogP contribution in [0.1, 0.15) is 74.4 Å². The maximum atomic E-state index is 4.86. The second kappa shape index (κ2) is 9.46. The lowest BCUT2D eigenvalue weighted by atomic mass is 10.1. The number of aryl methyl sites for hydroxylation is 3. The molecule has 0 aliphatic carbocycles. The third kappa shape index (κ3) is 4.35. The Balaban J connectivity index is 1.62.